The molecule has 0 aliphatic carbocycles. The molecule has 3 aromatic rings. The molecule has 1 aromatic heterocycles. The van der Waals surface area contributed by atoms with Crippen molar-refractivity contribution in [2.45, 2.75) is 0 Å². The molecule has 0 bridgehead atoms. The number of rotatable bonds is 3. The highest BCUT2D eigenvalue weighted by atomic mass is 35.5. The van der Waals surface area contributed by atoms with Crippen LogP contribution in [0.4, 0.5) is 11.4 Å². The second kappa shape index (κ2) is 6.66. The van der Waals surface area contributed by atoms with E-state index in [1.807, 2.05) is 0 Å². The van der Waals surface area contributed by atoms with Crippen molar-refractivity contribution in [3.63, 3.8) is 0 Å². The Balaban J connectivity index is 1.63. The van der Waals surface area contributed by atoms with E-state index in [1.54, 1.807) is 54.6 Å². The Morgan fingerprint density at radius 2 is 1.78 bits per heavy atom. The highest BCUT2D eigenvalue weighted by Gasteiger charge is 2.37. The Labute approximate surface area is 159 Å². The molecule has 132 valence electrons. The van der Waals surface area contributed by atoms with E-state index in [-0.39, 0.29) is 17.2 Å². The fourth-order valence-corrected chi connectivity index (χ4v) is 3.05. The Bertz CT molecular complexity index is 1060. The third-order valence-corrected chi connectivity index (χ3v) is 4.33. The first kappa shape index (κ1) is 16.9. The third kappa shape index (κ3) is 3.07. The fourth-order valence-electron chi connectivity index (χ4n) is 2.86. The molecule has 0 unspecified atom stereocenters. The van der Waals surface area contributed by atoms with Crippen LogP contribution in [0.5, 0.6) is 0 Å². The molecule has 2 aromatic carbocycles. The Hall–Kier alpha value is -3.51. The van der Waals surface area contributed by atoms with Gasteiger partial charge in [0.2, 0.25) is 0 Å². The van der Waals surface area contributed by atoms with Crippen LogP contribution in [0, 0.1) is 0 Å². The first-order valence-electron chi connectivity index (χ1n) is 8.05. The van der Waals surface area contributed by atoms with Gasteiger partial charge in [0.25, 0.3) is 17.7 Å². The number of imide groups is 1. The summed E-state index contributed by atoms with van der Waals surface area (Å²) >= 11 is 5.92. The van der Waals surface area contributed by atoms with E-state index < -0.39 is 11.8 Å². The lowest BCUT2D eigenvalue weighted by atomic mass is 10.1. The van der Waals surface area contributed by atoms with Gasteiger partial charge in [-0.3, -0.25) is 19.4 Å². The van der Waals surface area contributed by atoms with Crippen molar-refractivity contribution in [2.75, 3.05) is 10.2 Å². The molecule has 6 nitrogen and oxygen atoms in total. The van der Waals surface area contributed by atoms with Crippen molar-refractivity contribution >= 4 is 40.7 Å². The summed E-state index contributed by atoms with van der Waals surface area (Å²) in [5, 5.41) is 3.23. The van der Waals surface area contributed by atoms with E-state index in [4.69, 9.17) is 11.6 Å². The number of benzene rings is 2. The molecule has 0 atom stereocenters. The van der Waals surface area contributed by atoms with Gasteiger partial charge in [0.15, 0.2) is 0 Å². The molecule has 0 spiro atoms. The Kier molecular flexibility index (Phi) is 4.18. The smallest absolute Gasteiger partial charge is 0.284 e. The SMILES string of the molecule is O=C(Nc1cccc(Cl)c1)c1cccc(N2C(=O)c3cccnc3C2=O)c1. The number of hydrogen-bond acceptors (Lipinski definition) is 4. The van der Waals surface area contributed by atoms with E-state index in [9.17, 15) is 14.4 Å². The monoisotopic (exact) mass is 377 g/mol. The first-order chi connectivity index (χ1) is 13.0. The topological polar surface area (TPSA) is 79.4 Å². The van der Waals surface area contributed by atoms with Crippen molar-refractivity contribution in [1.82, 2.24) is 4.98 Å². The largest absolute Gasteiger partial charge is 0.322 e. The molecule has 1 aliphatic heterocycles. The lowest BCUT2D eigenvalue weighted by Crippen LogP contribution is -2.29. The van der Waals surface area contributed by atoms with E-state index in [0.717, 1.165) is 4.90 Å². The van der Waals surface area contributed by atoms with Crippen LogP contribution in [0.15, 0.2) is 66.9 Å². The van der Waals surface area contributed by atoms with Gasteiger partial charge in [0.05, 0.1) is 11.3 Å². The van der Waals surface area contributed by atoms with E-state index in [1.165, 1.54) is 12.3 Å². The number of anilines is 2. The summed E-state index contributed by atoms with van der Waals surface area (Å²) in [6.45, 7) is 0. The van der Waals surface area contributed by atoms with Crippen molar-refractivity contribution in [1.29, 1.82) is 0 Å². The molecule has 2 heterocycles. The lowest BCUT2D eigenvalue weighted by Gasteiger charge is -2.14. The summed E-state index contributed by atoms with van der Waals surface area (Å²) in [6.07, 6.45) is 1.46. The van der Waals surface area contributed by atoms with Gasteiger partial charge in [-0.15, -0.1) is 0 Å². The maximum atomic E-state index is 12.6. The van der Waals surface area contributed by atoms with Crippen LogP contribution in [0.25, 0.3) is 0 Å². The number of carbonyl (C=O) groups excluding carboxylic acids is 3. The molecule has 4 rings (SSSR count). The van der Waals surface area contributed by atoms with Crippen molar-refractivity contribution in [2.24, 2.45) is 0 Å². The quantitative estimate of drug-likeness (QED) is 0.704. The number of carbonyl (C=O) groups is 3. The van der Waals surface area contributed by atoms with Gasteiger partial charge in [-0.05, 0) is 48.5 Å². The minimum Gasteiger partial charge on any atom is -0.322 e. The number of pyridine rings is 1. The molecular weight excluding hydrogens is 366 g/mol. The molecule has 0 saturated carbocycles. The van der Waals surface area contributed by atoms with Crippen LogP contribution in [-0.2, 0) is 0 Å². The van der Waals surface area contributed by atoms with Gasteiger partial charge >= 0.3 is 0 Å². The molecule has 7 heteroatoms. The zero-order valence-electron chi connectivity index (χ0n) is 13.8. The van der Waals surface area contributed by atoms with Gasteiger partial charge in [0, 0.05) is 22.5 Å². The summed E-state index contributed by atoms with van der Waals surface area (Å²) < 4.78 is 0. The number of nitrogens with one attached hydrogen (secondary N) is 1. The summed E-state index contributed by atoms with van der Waals surface area (Å²) in [4.78, 5) is 42.6. The van der Waals surface area contributed by atoms with Gasteiger partial charge < -0.3 is 5.32 Å². The number of nitrogens with zero attached hydrogens (tertiary/aromatic N) is 2. The zero-order valence-corrected chi connectivity index (χ0v) is 14.6. The normalized spacial score (nSPS) is 12.9. The van der Waals surface area contributed by atoms with Crippen LogP contribution in [0.3, 0.4) is 0 Å². The van der Waals surface area contributed by atoms with E-state index >= 15 is 0 Å². The molecule has 1 aliphatic rings. The number of fused-ring (bicyclic) bond motifs is 1. The molecule has 27 heavy (non-hydrogen) atoms. The summed E-state index contributed by atoms with van der Waals surface area (Å²) in [7, 11) is 0. The van der Waals surface area contributed by atoms with Gasteiger partial charge in [0.1, 0.15) is 5.69 Å². The third-order valence-electron chi connectivity index (χ3n) is 4.10. The minimum absolute atomic E-state index is 0.108. The van der Waals surface area contributed by atoms with E-state index in [2.05, 4.69) is 10.3 Å². The number of aromatic nitrogens is 1. The molecule has 0 fully saturated rings. The van der Waals surface area contributed by atoms with Crippen molar-refractivity contribution in [3.8, 4) is 0 Å². The van der Waals surface area contributed by atoms with E-state index in [0.29, 0.717) is 22.0 Å². The summed E-state index contributed by atoms with van der Waals surface area (Å²) in [5.41, 5.74) is 1.51. The highest BCUT2D eigenvalue weighted by molar-refractivity contribution is 6.34. The Morgan fingerprint density at radius 3 is 2.56 bits per heavy atom. The maximum absolute atomic E-state index is 12.6. The second-order valence-corrected chi connectivity index (χ2v) is 6.30. The number of halogens is 1. The molecule has 3 amide bonds. The average molecular weight is 378 g/mol. The first-order valence-corrected chi connectivity index (χ1v) is 8.43. The lowest BCUT2D eigenvalue weighted by molar-refractivity contribution is 0.0922. The average Bonchev–Trinajstić information content (AvgIpc) is 2.93. The van der Waals surface area contributed by atoms with Gasteiger partial charge in [-0.25, -0.2) is 4.90 Å². The molecule has 0 radical (unpaired) electrons. The van der Waals surface area contributed by atoms with Crippen LogP contribution in [-0.4, -0.2) is 22.7 Å². The number of hydrogen-bond donors (Lipinski definition) is 1. The predicted octanol–water partition coefficient (Wildman–Crippen LogP) is 3.79. The standard InChI is InChI=1S/C20H12ClN3O3/c21-13-5-2-6-14(11-13)23-18(25)12-4-1-7-15(10-12)24-19(26)16-8-3-9-22-17(16)20(24)27/h1-11H,(H,23,25). The van der Waals surface area contributed by atoms with Crippen molar-refractivity contribution < 1.29 is 14.4 Å². The van der Waals surface area contributed by atoms with Gasteiger partial charge in [-0.2, -0.15) is 0 Å². The minimum atomic E-state index is -0.511. The van der Waals surface area contributed by atoms with Gasteiger partial charge in [-0.1, -0.05) is 23.7 Å². The second-order valence-electron chi connectivity index (χ2n) is 5.86. The fraction of sp³-hybridized carbons (Fsp3) is 0. The summed E-state index contributed by atoms with van der Waals surface area (Å²) in [6, 6.07) is 16.2. The van der Waals surface area contributed by atoms with Crippen LogP contribution in [0.2, 0.25) is 5.02 Å². The number of amides is 3. The highest BCUT2D eigenvalue weighted by Crippen LogP contribution is 2.27. The molecule has 0 saturated heterocycles. The summed E-state index contributed by atoms with van der Waals surface area (Å²) in [5.74, 6) is -1.35. The van der Waals surface area contributed by atoms with Crippen LogP contribution < -0.4 is 10.2 Å². The van der Waals surface area contributed by atoms with Crippen LogP contribution >= 0.6 is 11.6 Å². The molecule has 1 N–H and O–H groups in total. The maximum Gasteiger partial charge on any atom is 0.284 e. The predicted molar refractivity (Wildman–Crippen MR) is 101 cm³/mol. The zero-order chi connectivity index (χ0) is 19.0. The molecular formula is C20H12ClN3O3. The van der Waals surface area contributed by atoms with Crippen LogP contribution in [0.1, 0.15) is 31.2 Å². The Morgan fingerprint density at radius 1 is 0.963 bits per heavy atom. The van der Waals surface area contributed by atoms with Crippen molar-refractivity contribution in [3.05, 3.63) is 88.7 Å².